The van der Waals surface area contributed by atoms with E-state index in [4.69, 9.17) is 0 Å². The summed E-state index contributed by atoms with van der Waals surface area (Å²) in [7, 11) is 0. The van der Waals surface area contributed by atoms with Crippen molar-refractivity contribution in [2.45, 2.75) is 13.8 Å². The minimum absolute atomic E-state index is 1.22. The van der Waals surface area contributed by atoms with Crippen LogP contribution >= 0.6 is 0 Å². The van der Waals surface area contributed by atoms with Crippen molar-refractivity contribution in [2.75, 3.05) is 0 Å². The highest BCUT2D eigenvalue weighted by atomic mass is 14.7. The van der Waals surface area contributed by atoms with Gasteiger partial charge in [0.1, 0.15) is 0 Å². The first kappa shape index (κ1) is 10.6. The third-order valence-corrected chi connectivity index (χ3v) is 4.03. The highest BCUT2D eigenvalue weighted by Gasteiger charge is 2.11. The lowest BCUT2D eigenvalue weighted by Gasteiger charge is -2.06. The van der Waals surface area contributed by atoms with Crippen molar-refractivity contribution in [3.05, 3.63) is 59.7 Å². The second-order valence-corrected chi connectivity index (χ2v) is 5.29. The van der Waals surface area contributed by atoms with Crippen molar-refractivity contribution in [3.8, 4) is 0 Å². The van der Waals surface area contributed by atoms with Crippen molar-refractivity contribution in [1.29, 1.82) is 0 Å². The Hall–Kier alpha value is -2.28. The summed E-state index contributed by atoms with van der Waals surface area (Å²) in [5.41, 5.74) is 5.16. The molecule has 4 rings (SSSR count). The number of H-pyrrole nitrogens is 1. The average molecular weight is 245 g/mol. The zero-order valence-electron chi connectivity index (χ0n) is 11.1. The monoisotopic (exact) mass is 245 g/mol. The standard InChI is InChI=1S/C18H15N/c1-11-6-5-7-13-10-12(2)17-14-8-3-4-9-15(14)19-18(17)16(11)13/h3-10,19H,1-2H3. The van der Waals surface area contributed by atoms with Crippen LogP contribution in [0.5, 0.6) is 0 Å². The van der Waals surface area contributed by atoms with Crippen molar-refractivity contribution in [2.24, 2.45) is 0 Å². The van der Waals surface area contributed by atoms with Gasteiger partial charge in [-0.3, -0.25) is 0 Å². The minimum atomic E-state index is 1.22. The van der Waals surface area contributed by atoms with Gasteiger partial charge in [0.15, 0.2) is 0 Å². The average Bonchev–Trinajstić information content (AvgIpc) is 2.78. The van der Waals surface area contributed by atoms with Crippen LogP contribution in [0.25, 0.3) is 32.6 Å². The van der Waals surface area contributed by atoms with Crippen molar-refractivity contribution < 1.29 is 0 Å². The van der Waals surface area contributed by atoms with Crippen LogP contribution in [0, 0.1) is 13.8 Å². The fourth-order valence-electron chi connectivity index (χ4n) is 3.20. The molecule has 3 aromatic carbocycles. The fraction of sp³-hybridized carbons (Fsp3) is 0.111. The van der Waals surface area contributed by atoms with Gasteiger partial charge in [-0.1, -0.05) is 42.5 Å². The zero-order valence-corrected chi connectivity index (χ0v) is 11.1. The van der Waals surface area contributed by atoms with Gasteiger partial charge in [-0.05, 0) is 36.4 Å². The molecule has 19 heavy (non-hydrogen) atoms. The van der Waals surface area contributed by atoms with Gasteiger partial charge in [0, 0.05) is 21.7 Å². The first-order chi connectivity index (χ1) is 9.25. The fourth-order valence-corrected chi connectivity index (χ4v) is 3.20. The molecule has 1 N–H and O–H groups in total. The third-order valence-electron chi connectivity index (χ3n) is 4.03. The molecule has 1 aromatic heterocycles. The van der Waals surface area contributed by atoms with Crippen molar-refractivity contribution in [1.82, 2.24) is 4.98 Å². The van der Waals surface area contributed by atoms with Gasteiger partial charge in [-0.15, -0.1) is 0 Å². The summed E-state index contributed by atoms with van der Waals surface area (Å²) in [4.78, 5) is 3.60. The van der Waals surface area contributed by atoms with E-state index in [9.17, 15) is 0 Å². The number of benzene rings is 3. The van der Waals surface area contributed by atoms with Crippen LogP contribution in [-0.4, -0.2) is 4.98 Å². The van der Waals surface area contributed by atoms with Gasteiger partial charge in [-0.25, -0.2) is 0 Å². The van der Waals surface area contributed by atoms with Crippen LogP contribution < -0.4 is 0 Å². The Morgan fingerprint density at radius 3 is 2.53 bits per heavy atom. The molecule has 4 aromatic rings. The molecule has 0 atom stereocenters. The number of hydrogen-bond acceptors (Lipinski definition) is 0. The summed E-state index contributed by atoms with van der Waals surface area (Å²) in [5.74, 6) is 0. The van der Waals surface area contributed by atoms with Gasteiger partial charge < -0.3 is 4.98 Å². The summed E-state index contributed by atoms with van der Waals surface area (Å²) in [5, 5.41) is 5.34. The van der Waals surface area contributed by atoms with E-state index in [2.05, 4.69) is 67.4 Å². The molecule has 0 aliphatic rings. The zero-order chi connectivity index (χ0) is 13.0. The Morgan fingerprint density at radius 1 is 0.789 bits per heavy atom. The molecule has 0 radical (unpaired) electrons. The predicted molar refractivity (Wildman–Crippen MR) is 82.8 cm³/mol. The molecule has 0 fully saturated rings. The van der Waals surface area contributed by atoms with Gasteiger partial charge in [0.2, 0.25) is 0 Å². The first-order valence-electron chi connectivity index (χ1n) is 6.65. The summed E-state index contributed by atoms with van der Waals surface area (Å²) >= 11 is 0. The van der Waals surface area contributed by atoms with E-state index in [1.807, 2.05) is 0 Å². The molecule has 0 aliphatic heterocycles. The van der Waals surface area contributed by atoms with E-state index >= 15 is 0 Å². The molecule has 92 valence electrons. The lowest BCUT2D eigenvalue weighted by Crippen LogP contribution is -1.83. The normalized spacial score (nSPS) is 11.7. The smallest absolute Gasteiger partial charge is 0.0549 e. The maximum Gasteiger partial charge on any atom is 0.0549 e. The number of para-hydroxylation sites is 1. The number of nitrogens with one attached hydrogen (secondary N) is 1. The van der Waals surface area contributed by atoms with Crippen LogP contribution in [0.15, 0.2) is 48.5 Å². The second kappa shape index (κ2) is 3.61. The highest BCUT2D eigenvalue weighted by Crippen LogP contribution is 2.35. The highest BCUT2D eigenvalue weighted by molar-refractivity contribution is 6.19. The van der Waals surface area contributed by atoms with Crippen LogP contribution in [0.3, 0.4) is 0 Å². The molecule has 1 heterocycles. The summed E-state index contributed by atoms with van der Waals surface area (Å²) < 4.78 is 0. The second-order valence-electron chi connectivity index (χ2n) is 5.29. The van der Waals surface area contributed by atoms with Crippen LogP contribution in [0.1, 0.15) is 11.1 Å². The summed E-state index contributed by atoms with van der Waals surface area (Å²) in [6.07, 6.45) is 0. The quantitative estimate of drug-likeness (QED) is 0.444. The molecule has 0 spiro atoms. The molecule has 0 saturated carbocycles. The van der Waals surface area contributed by atoms with Gasteiger partial charge in [0.25, 0.3) is 0 Å². The van der Waals surface area contributed by atoms with Crippen molar-refractivity contribution >= 4 is 32.6 Å². The van der Waals surface area contributed by atoms with E-state index < -0.39 is 0 Å². The minimum Gasteiger partial charge on any atom is -0.354 e. The van der Waals surface area contributed by atoms with Crippen LogP contribution in [0.2, 0.25) is 0 Å². The molecule has 1 heteroatoms. The van der Waals surface area contributed by atoms with E-state index in [0.717, 1.165) is 0 Å². The Balaban J connectivity index is 2.39. The van der Waals surface area contributed by atoms with E-state index in [0.29, 0.717) is 0 Å². The molecule has 0 unspecified atom stereocenters. The topological polar surface area (TPSA) is 15.8 Å². The predicted octanol–water partition coefficient (Wildman–Crippen LogP) is 5.09. The molecule has 1 nitrogen and oxygen atoms in total. The maximum atomic E-state index is 3.60. The third kappa shape index (κ3) is 1.36. The number of rotatable bonds is 0. The number of aromatic amines is 1. The van der Waals surface area contributed by atoms with Gasteiger partial charge >= 0.3 is 0 Å². The SMILES string of the molecule is Cc1cccc2cc(C)c3c4ccccc4[nH]c3c12. The molecular formula is C18H15N. The number of aryl methyl sites for hydroxylation is 2. The van der Waals surface area contributed by atoms with Crippen LogP contribution in [-0.2, 0) is 0 Å². The maximum absolute atomic E-state index is 3.60. The van der Waals surface area contributed by atoms with Crippen LogP contribution in [0.4, 0.5) is 0 Å². The Labute approximate surface area is 111 Å². The number of fused-ring (bicyclic) bond motifs is 5. The Kier molecular flexibility index (Phi) is 2.02. The Morgan fingerprint density at radius 2 is 1.63 bits per heavy atom. The molecule has 0 amide bonds. The van der Waals surface area contributed by atoms with E-state index in [-0.39, 0.29) is 0 Å². The largest absolute Gasteiger partial charge is 0.354 e. The molecular weight excluding hydrogens is 230 g/mol. The Bertz CT molecular complexity index is 929. The number of aromatic nitrogens is 1. The number of hydrogen-bond donors (Lipinski definition) is 1. The van der Waals surface area contributed by atoms with E-state index in [1.165, 1.54) is 43.7 Å². The first-order valence-corrected chi connectivity index (χ1v) is 6.65. The van der Waals surface area contributed by atoms with Gasteiger partial charge in [0.05, 0.1) is 5.52 Å². The van der Waals surface area contributed by atoms with Crippen molar-refractivity contribution in [3.63, 3.8) is 0 Å². The molecule has 0 aliphatic carbocycles. The summed E-state index contributed by atoms with van der Waals surface area (Å²) in [6.45, 7) is 4.38. The van der Waals surface area contributed by atoms with E-state index in [1.54, 1.807) is 0 Å². The van der Waals surface area contributed by atoms with Gasteiger partial charge in [-0.2, -0.15) is 0 Å². The molecule has 0 saturated heterocycles. The molecule has 0 bridgehead atoms. The lowest BCUT2D eigenvalue weighted by atomic mass is 9.98. The summed E-state index contributed by atoms with van der Waals surface area (Å²) in [6, 6.07) is 17.3. The lowest BCUT2D eigenvalue weighted by molar-refractivity contribution is 1.49.